The highest BCUT2D eigenvalue weighted by Gasteiger charge is 2.24. The monoisotopic (exact) mass is 848 g/mol. The second-order valence-corrected chi connectivity index (χ2v) is 18.5. The highest BCUT2D eigenvalue weighted by atomic mass is 32.1. The molecule has 13 rings (SSSR count). The van der Waals surface area contributed by atoms with Gasteiger partial charge in [-0.3, -0.25) is 0 Å². The Bertz CT molecular complexity index is 3730. The summed E-state index contributed by atoms with van der Waals surface area (Å²) in [6.07, 6.45) is 0. The number of fused-ring (bicyclic) bond motifs is 8. The molecule has 64 heavy (non-hydrogen) atoms. The van der Waals surface area contributed by atoms with E-state index in [0.717, 1.165) is 61.5 Å². The van der Waals surface area contributed by atoms with Crippen LogP contribution in [0.3, 0.4) is 0 Å². The summed E-state index contributed by atoms with van der Waals surface area (Å²) in [6.45, 7) is 0. The van der Waals surface area contributed by atoms with Gasteiger partial charge in [-0.1, -0.05) is 188 Å². The standard InChI is InChI=1S/C60H36N2S2/c1-2-16-37(17-3-1)40-34-51(43-26-12-20-38-18-4-6-22-41(38)43)57(52(35-40)44-27-13-21-39-19-5-7-23-42(39)44)60-61-53(49-30-14-28-47-45-24-8-10-32-55(45)63-58(47)49)36-54(62-60)50-31-15-29-48-46-25-9-11-33-56(46)64-59(48)50/h1-36H. The van der Waals surface area contributed by atoms with Crippen LogP contribution in [-0.2, 0) is 0 Å². The van der Waals surface area contributed by atoms with Crippen molar-refractivity contribution in [1.29, 1.82) is 0 Å². The quantitative estimate of drug-likeness (QED) is 0.167. The lowest BCUT2D eigenvalue weighted by atomic mass is 9.84. The van der Waals surface area contributed by atoms with Crippen LogP contribution in [0.1, 0.15) is 0 Å². The minimum atomic E-state index is 0.689. The Balaban J connectivity index is 1.20. The number of aromatic nitrogens is 2. The van der Waals surface area contributed by atoms with E-state index in [-0.39, 0.29) is 0 Å². The lowest BCUT2D eigenvalue weighted by Gasteiger charge is -2.21. The number of thiophene rings is 2. The minimum absolute atomic E-state index is 0.689. The first-order valence-corrected chi connectivity index (χ1v) is 23.3. The SMILES string of the molecule is c1ccc(-c2cc(-c3cccc4ccccc34)c(-c3nc(-c4cccc5c4sc4ccccc45)cc(-c4cccc5c4sc4ccccc45)n3)c(-c3cccc4ccccc34)c2)cc1. The Morgan fingerprint density at radius 3 is 1.22 bits per heavy atom. The molecule has 0 atom stereocenters. The summed E-state index contributed by atoms with van der Waals surface area (Å²) >= 11 is 3.67. The first-order valence-electron chi connectivity index (χ1n) is 21.6. The average molecular weight is 849 g/mol. The lowest BCUT2D eigenvalue weighted by Crippen LogP contribution is -2.01. The van der Waals surface area contributed by atoms with Crippen LogP contribution in [0.25, 0.3) is 129 Å². The summed E-state index contributed by atoms with van der Waals surface area (Å²) in [6, 6.07) is 79.3. The van der Waals surface area contributed by atoms with Gasteiger partial charge in [0.05, 0.1) is 11.4 Å². The molecule has 2 nitrogen and oxygen atoms in total. The minimum Gasteiger partial charge on any atom is -0.228 e. The van der Waals surface area contributed by atoms with E-state index in [1.54, 1.807) is 0 Å². The molecule has 3 aromatic heterocycles. The molecule has 0 amide bonds. The van der Waals surface area contributed by atoms with E-state index in [4.69, 9.17) is 9.97 Å². The average Bonchev–Trinajstić information content (AvgIpc) is 3.95. The van der Waals surface area contributed by atoms with Crippen molar-refractivity contribution >= 4 is 84.6 Å². The summed E-state index contributed by atoms with van der Waals surface area (Å²) in [7, 11) is 0. The van der Waals surface area contributed by atoms with Crippen LogP contribution in [0.5, 0.6) is 0 Å². The second-order valence-electron chi connectivity index (χ2n) is 16.4. The molecule has 298 valence electrons. The zero-order valence-electron chi connectivity index (χ0n) is 34.5. The van der Waals surface area contributed by atoms with Crippen molar-refractivity contribution in [3.05, 3.63) is 218 Å². The summed E-state index contributed by atoms with van der Waals surface area (Å²) in [4.78, 5) is 11.6. The fourth-order valence-corrected chi connectivity index (χ4v) is 12.2. The van der Waals surface area contributed by atoms with E-state index in [0.29, 0.717) is 5.82 Å². The Morgan fingerprint density at radius 2 is 0.688 bits per heavy atom. The maximum atomic E-state index is 5.78. The van der Waals surface area contributed by atoms with Crippen LogP contribution < -0.4 is 0 Å². The van der Waals surface area contributed by atoms with Crippen LogP contribution in [0.15, 0.2) is 218 Å². The molecule has 0 aliphatic carbocycles. The first-order chi connectivity index (χ1) is 31.7. The van der Waals surface area contributed by atoms with Crippen LogP contribution in [0.2, 0.25) is 0 Å². The van der Waals surface area contributed by atoms with Crippen molar-refractivity contribution in [3.63, 3.8) is 0 Å². The van der Waals surface area contributed by atoms with Crippen LogP contribution >= 0.6 is 22.7 Å². The van der Waals surface area contributed by atoms with Crippen molar-refractivity contribution < 1.29 is 0 Å². The first kappa shape index (κ1) is 36.9. The zero-order valence-corrected chi connectivity index (χ0v) is 36.1. The number of hydrogen-bond acceptors (Lipinski definition) is 4. The third kappa shape index (κ3) is 5.99. The van der Waals surface area contributed by atoms with Crippen molar-refractivity contribution in [3.8, 4) is 67.3 Å². The van der Waals surface area contributed by atoms with Gasteiger partial charge in [0, 0.05) is 57.0 Å². The van der Waals surface area contributed by atoms with E-state index < -0.39 is 0 Å². The largest absolute Gasteiger partial charge is 0.228 e. The van der Waals surface area contributed by atoms with Gasteiger partial charge in [0.25, 0.3) is 0 Å². The van der Waals surface area contributed by atoms with Gasteiger partial charge in [-0.05, 0) is 85.3 Å². The Hall–Kier alpha value is -7.76. The molecule has 0 bridgehead atoms. The number of hydrogen-bond donors (Lipinski definition) is 0. The predicted molar refractivity (Wildman–Crippen MR) is 275 cm³/mol. The summed E-state index contributed by atoms with van der Waals surface area (Å²) < 4.78 is 4.98. The summed E-state index contributed by atoms with van der Waals surface area (Å²) in [5.41, 5.74) is 11.7. The van der Waals surface area contributed by atoms with Gasteiger partial charge in [-0.2, -0.15) is 0 Å². The topological polar surface area (TPSA) is 25.8 Å². The predicted octanol–water partition coefficient (Wildman–Crippen LogP) is 17.5. The molecule has 0 N–H and O–H groups in total. The van der Waals surface area contributed by atoms with Gasteiger partial charge in [-0.15, -0.1) is 22.7 Å². The third-order valence-corrected chi connectivity index (χ3v) is 15.2. The van der Waals surface area contributed by atoms with Crippen molar-refractivity contribution in [1.82, 2.24) is 9.97 Å². The van der Waals surface area contributed by atoms with Gasteiger partial charge in [0.1, 0.15) is 0 Å². The Labute approximate surface area is 378 Å². The van der Waals surface area contributed by atoms with Crippen LogP contribution in [-0.4, -0.2) is 9.97 Å². The van der Waals surface area contributed by atoms with E-state index >= 15 is 0 Å². The Morgan fingerprint density at radius 1 is 0.281 bits per heavy atom. The maximum Gasteiger partial charge on any atom is 0.161 e. The molecule has 10 aromatic carbocycles. The van der Waals surface area contributed by atoms with Crippen LogP contribution in [0, 0.1) is 0 Å². The zero-order chi connectivity index (χ0) is 42.1. The number of nitrogens with zero attached hydrogens (tertiary/aromatic N) is 2. The van der Waals surface area contributed by atoms with Gasteiger partial charge in [0.2, 0.25) is 0 Å². The fraction of sp³-hybridized carbons (Fsp3) is 0. The summed E-state index contributed by atoms with van der Waals surface area (Å²) in [5, 5.41) is 9.75. The van der Waals surface area contributed by atoms with Gasteiger partial charge < -0.3 is 0 Å². The van der Waals surface area contributed by atoms with E-state index in [1.807, 2.05) is 22.7 Å². The normalized spacial score (nSPS) is 11.8. The van der Waals surface area contributed by atoms with Gasteiger partial charge >= 0.3 is 0 Å². The molecule has 0 aliphatic rings. The lowest BCUT2D eigenvalue weighted by molar-refractivity contribution is 1.19. The molecule has 13 aromatic rings. The van der Waals surface area contributed by atoms with E-state index in [9.17, 15) is 0 Å². The highest BCUT2D eigenvalue weighted by Crippen LogP contribution is 2.48. The molecule has 0 unspecified atom stereocenters. The molecule has 0 radical (unpaired) electrons. The van der Waals surface area contributed by atoms with Crippen molar-refractivity contribution in [2.45, 2.75) is 0 Å². The number of benzene rings is 10. The molecular formula is C60H36N2S2. The molecular weight excluding hydrogens is 813 g/mol. The Kier molecular flexibility index (Phi) is 8.61. The summed E-state index contributed by atoms with van der Waals surface area (Å²) in [5.74, 6) is 0.689. The van der Waals surface area contributed by atoms with Crippen molar-refractivity contribution in [2.24, 2.45) is 0 Å². The molecule has 0 saturated carbocycles. The highest BCUT2D eigenvalue weighted by molar-refractivity contribution is 7.26. The fourth-order valence-electron chi connectivity index (χ4n) is 9.76. The molecule has 0 spiro atoms. The van der Waals surface area contributed by atoms with E-state index in [2.05, 4.69) is 218 Å². The van der Waals surface area contributed by atoms with Crippen molar-refractivity contribution in [2.75, 3.05) is 0 Å². The second kappa shape index (κ2) is 15.0. The smallest absolute Gasteiger partial charge is 0.161 e. The molecule has 0 saturated heterocycles. The third-order valence-electron chi connectivity index (χ3n) is 12.7. The molecule has 0 aliphatic heterocycles. The van der Waals surface area contributed by atoms with Gasteiger partial charge in [-0.25, -0.2) is 9.97 Å². The maximum absolute atomic E-state index is 5.78. The van der Waals surface area contributed by atoms with E-state index in [1.165, 1.54) is 61.9 Å². The van der Waals surface area contributed by atoms with Crippen LogP contribution in [0.4, 0.5) is 0 Å². The number of rotatable bonds is 6. The van der Waals surface area contributed by atoms with Gasteiger partial charge in [0.15, 0.2) is 5.82 Å². The molecule has 4 heteroatoms. The molecule has 3 heterocycles. The molecule has 0 fully saturated rings.